The van der Waals surface area contributed by atoms with Crippen LogP contribution in [0.25, 0.3) is 0 Å². The van der Waals surface area contributed by atoms with Crippen LogP contribution in [-0.2, 0) is 19.2 Å². The number of ether oxygens (including phenoxy) is 1. The van der Waals surface area contributed by atoms with Crippen LogP contribution in [-0.4, -0.2) is 129 Å². The van der Waals surface area contributed by atoms with E-state index in [0.717, 1.165) is 42.3 Å². The number of anilines is 5. The molecule has 4 aliphatic rings. The van der Waals surface area contributed by atoms with Crippen LogP contribution in [0.1, 0.15) is 67.8 Å². The number of rotatable bonds is 11. The summed E-state index contributed by atoms with van der Waals surface area (Å²) in [5.74, 6) is -5.05. The van der Waals surface area contributed by atoms with Crippen LogP contribution in [0.15, 0.2) is 54.7 Å². The van der Waals surface area contributed by atoms with E-state index in [1.165, 1.54) is 25.3 Å². The van der Waals surface area contributed by atoms with Gasteiger partial charge < -0.3 is 35.0 Å². The summed E-state index contributed by atoms with van der Waals surface area (Å²) >= 11 is 0. The van der Waals surface area contributed by atoms with Crippen LogP contribution in [0.3, 0.4) is 0 Å². The minimum Gasteiger partial charge on any atom is -0.495 e. The number of nitrogens with one attached hydrogen (secondary N) is 3. The summed E-state index contributed by atoms with van der Waals surface area (Å²) in [5, 5.41) is 8.70. The normalized spacial score (nSPS) is 20.1. The number of piperidine rings is 2. The largest absolute Gasteiger partial charge is 0.495 e. The number of aromatic nitrogens is 1. The van der Waals surface area contributed by atoms with Gasteiger partial charge in [0.2, 0.25) is 17.7 Å². The SMILES string of the molecule is COc1cc(C(=O)NC2CCN(C(=O)CCN3CCN(c4ccc(C5CCC(=O)NC5=O)cc4)CC3)CC2)ccc1Nc1cc2c(cn1)N(C)C(=O)C(F)(F)CN2C(C)C. The summed E-state index contributed by atoms with van der Waals surface area (Å²) < 4.78 is 35.1. The van der Waals surface area contributed by atoms with E-state index in [0.29, 0.717) is 80.2 Å². The first kappa shape index (κ1) is 42.3. The smallest absolute Gasteiger partial charge is 0.342 e. The van der Waals surface area contributed by atoms with Gasteiger partial charge in [0.1, 0.15) is 11.6 Å². The van der Waals surface area contributed by atoms with Crippen molar-refractivity contribution in [1.82, 2.24) is 25.4 Å². The molecule has 0 bridgehead atoms. The second kappa shape index (κ2) is 17.8. The lowest BCUT2D eigenvalue weighted by atomic mass is 9.90. The Bertz CT molecular complexity index is 2100. The Morgan fingerprint density at radius 2 is 1.67 bits per heavy atom. The fourth-order valence-electron chi connectivity index (χ4n) is 8.36. The van der Waals surface area contributed by atoms with Gasteiger partial charge in [-0.2, -0.15) is 8.78 Å². The van der Waals surface area contributed by atoms with Crippen LogP contribution in [0, 0.1) is 0 Å². The number of carbonyl (C=O) groups excluding carboxylic acids is 5. The van der Waals surface area contributed by atoms with Crippen LogP contribution in [0.4, 0.5) is 37.3 Å². The molecule has 17 heteroatoms. The summed E-state index contributed by atoms with van der Waals surface area (Å²) in [7, 11) is 2.79. The van der Waals surface area contributed by atoms with Gasteiger partial charge in [0, 0.05) is 95.1 Å². The molecular formula is C43H53F2N9O6. The van der Waals surface area contributed by atoms with Gasteiger partial charge in [-0.3, -0.25) is 34.2 Å². The molecule has 60 heavy (non-hydrogen) atoms. The minimum absolute atomic E-state index is 0.0958. The van der Waals surface area contributed by atoms with Crippen molar-refractivity contribution in [3.63, 3.8) is 0 Å². The molecule has 320 valence electrons. The Morgan fingerprint density at radius 1 is 0.950 bits per heavy atom. The Morgan fingerprint density at radius 3 is 2.33 bits per heavy atom. The maximum absolute atomic E-state index is 14.8. The molecule has 3 saturated heterocycles. The van der Waals surface area contributed by atoms with Crippen LogP contribution < -0.4 is 35.4 Å². The van der Waals surface area contributed by atoms with Gasteiger partial charge in [-0.1, -0.05) is 12.1 Å². The molecule has 1 atom stereocenters. The maximum Gasteiger partial charge on any atom is 0.342 e. The number of amides is 5. The fraction of sp³-hybridized carbons (Fsp3) is 0.488. The average Bonchev–Trinajstić information content (AvgIpc) is 3.31. The number of methoxy groups -OCH3 is 1. The van der Waals surface area contributed by atoms with E-state index in [9.17, 15) is 32.8 Å². The molecule has 0 aliphatic carbocycles. The predicted molar refractivity (Wildman–Crippen MR) is 223 cm³/mol. The number of pyridine rings is 1. The molecular weight excluding hydrogens is 777 g/mol. The first-order valence-electron chi connectivity index (χ1n) is 20.6. The first-order chi connectivity index (χ1) is 28.7. The molecule has 1 aromatic heterocycles. The van der Waals surface area contributed by atoms with Gasteiger partial charge in [-0.25, -0.2) is 4.98 Å². The van der Waals surface area contributed by atoms with Crippen LogP contribution >= 0.6 is 0 Å². The highest BCUT2D eigenvalue weighted by atomic mass is 19.3. The van der Waals surface area contributed by atoms with Crippen molar-refractivity contribution in [1.29, 1.82) is 0 Å². The van der Waals surface area contributed by atoms with Gasteiger partial charge in [0.05, 0.1) is 42.8 Å². The minimum atomic E-state index is -3.57. The number of hydrogen-bond acceptors (Lipinski definition) is 11. The zero-order chi connectivity index (χ0) is 42.7. The summed E-state index contributed by atoms with van der Waals surface area (Å²) in [5.41, 5.74) is 3.61. The third-order valence-corrected chi connectivity index (χ3v) is 12.0. The molecule has 4 aliphatic heterocycles. The fourth-order valence-corrected chi connectivity index (χ4v) is 8.36. The lowest BCUT2D eigenvalue weighted by Gasteiger charge is -2.37. The van der Waals surface area contributed by atoms with Gasteiger partial charge >= 0.3 is 5.92 Å². The average molecular weight is 830 g/mol. The van der Waals surface area contributed by atoms with E-state index in [2.05, 4.69) is 30.7 Å². The van der Waals surface area contributed by atoms with Gasteiger partial charge in [0.25, 0.3) is 11.8 Å². The summed E-state index contributed by atoms with van der Waals surface area (Å²) in [6, 6.07) is 14.2. The number of imide groups is 1. The number of alkyl halides is 2. The van der Waals surface area contributed by atoms with Gasteiger partial charge in [-0.15, -0.1) is 0 Å². The molecule has 2 aromatic carbocycles. The number of halogens is 2. The molecule has 3 fully saturated rings. The second-order valence-corrected chi connectivity index (χ2v) is 16.2. The molecule has 5 amide bonds. The number of benzene rings is 2. The zero-order valence-electron chi connectivity index (χ0n) is 34.5. The quantitative estimate of drug-likeness (QED) is 0.239. The number of nitrogens with zero attached hydrogens (tertiary/aromatic N) is 6. The van der Waals surface area contributed by atoms with Crippen molar-refractivity contribution < 1.29 is 37.5 Å². The molecule has 1 unspecified atom stereocenters. The predicted octanol–water partition coefficient (Wildman–Crippen LogP) is 4.11. The number of piperazine rings is 1. The van der Waals surface area contributed by atoms with E-state index in [1.54, 1.807) is 38.1 Å². The summed E-state index contributed by atoms with van der Waals surface area (Å²) in [4.78, 5) is 76.1. The monoisotopic (exact) mass is 829 g/mol. The standard InChI is InChI=1S/C43H53F2N9O6/c1-27(2)54-26-43(44,45)42(59)50(3)35-25-46-37(24-34(35)54)48-33-11-7-29(23-36(33)60-4)40(57)47-30-13-17-53(18-14-30)39(56)15-16-51-19-21-52(22-20-51)31-8-5-28(6-9-31)32-10-12-38(55)49-41(32)58/h5-9,11,23-25,27,30,32H,10,12-22,26H2,1-4H3,(H,46,48)(H,47,57)(H,49,55,58). The van der Waals surface area contributed by atoms with E-state index in [-0.39, 0.29) is 47.3 Å². The Hall–Kier alpha value is -5.84. The van der Waals surface area contributed by atoms with E-state index in [1.807, 2.05) is 29.2 Å². The van der Waals surface area contributed by atoms with E-state index < -0.39 is 18.4 Å². The number of carbonyl (C=O) groups is 5. The van der Waals surface area contributed by atoms with Crippen molar-refractivity contribution in [3.05, 3.63) is 65.9 Å². The van der Waals surface area contributed by atoms with Crippen molar-refractivity contribution in [3.8, 4) is 5.75 Å². The highest BCUT2D eigenvalue weighted by Crippen LogP contribution is 2.39. The lowest BCUT2D eigenvalue weighted by Crippen LogP contribution is -2.49. The molecule has 0 saturated carbocycles. The Kier molecular flexibility index (Phi) is 12.5. The van der Waals surface area contributed by atoms with E-state index >= 15 is 0 Å². The van der Waals surface area contributed by atoms with Crippen molar-refractivity contribution in [2.45, 2.75) is 69.9 Å². The summed E-state index contributed by atoms with van der Waals surface area (Å²) in [6.45, 7) is 7.94. The third-order valence-electron chi connectivity index (χ3n) is 12.0. The van der Waals surface area contributed by atoms with E-state index in [4.69, 9.17) is 4.74 Å². The lowest BCUT2D eigenvalue weighted by molar-refractivity contribution is -0.140. The maximum atomic E-state index is 14.8. The molecule has 0 spiro atoms. The first-order valence-corrected chi connectivity index (χ1v) is 20.6. The molecule has 7 rings (SSSR count). The zero-order valence-corrected chi connectivity index (χ0v) is 34.5. The number of hydrogen-bond donors (Lipinski definition) is 3. The number of likely N-dealkylation sites (tertiary alicyclic amines) is 1. The molecule has 3 aromatic rings. The third kappa shape index (κ3) is 9.30. The van der Waals surface area contributed by atoms with Gasteiger partial charge in [0.15, 0.2) is 0 Å². The Balaban J connectivity index is 0.857. The summed E-state index contributed by atoms with van der Waals surface area (Å²) in [6.07, 6.45) is 3.98. The van der Waals surface area contributed by atoms with Crippen molar-refractivity contribution in [2.24, 2.45) is 0 Å². The van der Waals surface area contributed by atoms with Gasteiger partial charge in [-0.05, 0) is 69.0 Å². The molecule has 5 heterocycles. The Labute approximate surface area is 348 Å². The highest BCUT2D eigenvalue weighted by molar-refractivity contribution is 6.03. The molecule has 0 radical (unpaired) electrons. The van der Waals surface area contributed by atoms with Crippen LogP contribution in [0.5, 0.6) is 5.75 Å². The number of fused-ring (bicyclic) bond motifs is 1. The second-order valence-electron chi connectivity index (χ2n) is 16.2. The highest BCUT2D eigenvalue weighted by Gasteiger charge is 2.47. The van der Waals surface area contributed by atoms with Crippen molar-refractivity contribution >= 4 is 58.1 Å². The topological polar surface area (TPSA) is 160 Å². The molecule has 15 nitrogen and oxygen atoms in total. The van der Waals surface area contributed by atoms with Crippen LogP contribution in [0.2, 0.25) is 0 Å². The van der Waals surface area contributed by atoms with Crippen molar-refractivity contribution in [2.75, 3.05) is 86.5 Å². The molecule has 3 N–H and O–H groups in total.